The van der Waals surface area contributed by atoms with Gasteiger partial charge in [0, 0.05) is 20.8 Å². The van der Waals surface area contributed by atoms with Crippen LogP contribution in [0.15, 0.2) is 84.9 Å². The first-order valence-corrected chi connectivity index (χ1v) is 15.2. The Bertz CT molecular complexity index is 1210. The van der Waals surface area contributed by atoms with Gasteiger partial charge in [0.1, 0.15) is 25.8 Å². The molecule has 1 heterocycles. The topological polar surface area (TPSA) is 87.7 Å². The van der Waals surface area contributed by atoms with Crippen molar-refractivity contribution in [3.8, 4) is 0 Å². The molecule has 0 radical (unpaired) electrons. The summed E-state index contributed by atoms with van der Waals surface area (Å²) in [5.74, 6) is 0. The van der Waals surface area contributed by atoms with Gasteiger partial charge < -0.3 is 38.6 Å². The highest BCUT2D eigenvalue weighted by Crippen LogP contribution is 2.28. The lowest BCUT2D eigenvalue weighted by atomic mass is 9.91. The van der Waals surface area contributed by atoms with E-state index in [0.717, 1.165) is 22.3 Å². The highest BCUT2D eigenvalue weighted by molar-refractivity contribution is 5.76. The van der Waals surface area contributed by atoms with Crippen LogP contribution in [-0.4, -0.2) is 89.5 Å². The van der Waals surface area contributed by atoms with Crippen LogP contribution in [-0.2, 0) is 47.8 Å². The van der Waals surface area contributed by atoms with Crippen molar-refractivity contribution >= 4 is 6.03 Å². The maximum absolute atomic E-state index is 14.2. The summed E-state index contributed by atoms with van der Waals surface area (Å²) in [5, 5.41) is 3.31. The maximum Gasteiger partial charge on any atom is 0.318 e. The molecule has 1 saturated heterocycles. The zero-order chi connectivity index (χ0) is 31.0. The fraction of sp³-hybridized carbons (Fsp3) is 0.457. The number of rotatable bonds is 18. The van der Waals surface area contributed by atoms with Gasteiger partial charge in [-0.3, -0.25) is 0 Å². The van der Waals surface area contributed by atoms with Crippen molar-refractivity contribution in [1.82, 2.24) is 10.2 Å². The van der Waals surface area contributed by atoms with E-state index in [1.165, 1.54) is 0 Å². The van der Waals surface area contributed by atoms with Crippen LogP contribution in [0.2, 0.25) is 0 Å². The van der Waals surface area contributed by atoms with Crippen molar-refractivity contribution in [3.05, 3.63) is 107 Å². The van der Waals surface area contributed by atoms with Crippen LogP contribution in [0.4, 0.5) is 4.79 Å². The lowest BCUT2D eigenvalue weighted by Gasteiger charge is -2.37. The fourth-order valence-corrected chi connectivity index (χ4v) is 5.37. The zero-order valence-electron chi connectivity index (χ0n) is 26.1. The summed E-state index contributed by atoms with van der Waals surface area (Å²) in [5.41, 5.74) is 4.35. The smallest absolute Gasteiger partial charge is 0.318 e. The van der Waals surface area contributed by atoms with Crippen molar-refractivity contribution in [2.24, 2.45) is 0 Å². The normalized spacial score (nSPS) is 20.3. The van der Waals surface area contributed by atoms with Gasteiger partial charge in [-0.25, -0.2) is 4.79 Å². The SMILES string of the molecule is COCCOCO[C@@H]1[C@@H](OCOCCOC)[C@@H](Cc2ccccc2)NC(=O)N(Cc2ccc(C)cc2)[C@@H]1Cc1ccccc1. The van der Waals surface area contributed by atoms with E-state index in [-0.39, 0.29) is 25.7 Å². The Balaban J connectivity index is 1.72. The number of hydrogen-bond donors (Lipinski definition) is 1. The number of carbonyl (C=O) groups excluding carboxylic acids is 1. The van der Waals surface area contributed by atoms with Crippen molar-refractivity contribution in [1.29, 1.82) is 0 Å². The molecule has 1 aliphatic heterocycles. The van der Waals surface area contributed by atoms with Crippen LogP contribution < -0.4 is 5.32 Å². The van der Waals surface area contributed by atoms with Gasteiger partial charge in [-0.15, -0.1) is 0 Å². The summed E-state index contributed by atoms with van der Waals surface area (Å²) in [7, 11) is 3.26. The van der Waals surface area contributed by atoms with Crippen molar-refractivity contribution in [2.45, 2.75) is 50.6 Å². The Hall–Kier alpha value is -3.31. The molecule has 3 aromatic rings. The highest BCUT2D eigenvalue weighted by atomic mass is 16.7. The number of nitrogens with one attached hydrogen (secondary N) is 1. The third-order valence-corrected chi connectivity index (χ3v) is 7.68. The minimum Gasteiger partial charge on any atom is -0.382 e. The molecule has 238 valence electrons. The van der Waals surface area contributed by atoms with E-state index in [4.69, 9.17) is 28.4 Å². The third-order valence-electron chi connectivity index (χ3n) is 7.68. The lowest BCUT2D eigenvalue weighted by molar-refractivity contribution is -0.187. The van der Waals surface area contributed by atoms with E-state index in [1.807, 2.05) is 41.3 Å². The minimum absolute atomic E-state index is 0.0222. The van der Waals surface area contributed by atoms with Gasteiger partial charge in [-0.05, 0) is 36.5 Å². The fourth-order valence-electron chi connectivity index (χ4n) is 5.37. The summed E-state index contributed by atoms with van der Waals surface area (Å²) in [6.07, 6.45) is 0.00731. The van der Waals surface area contributed by atoms with Gasteiger partial charge in [0.25, 0.3) is 0 Å². The summed E-state index contributed by atoms with van der Waals surface area (Å²) < 4.78 is 34.9. The Kier molecular flexibility index (Phi) is 14.1. The number of hydrogen-bond acceptors (Lipinski definition) is 7. The number of aryl methyl sites for hydroxylation is 1. The number of methoxy groups -OCH3 is 2. The average Bonchev–Trinajstić information content (AvgIpc) is 3.13. The molecular formula is C35H46N2O7. The zero-order valence-corrected chi connectivity index (χ0v) is 26.1. The Morgan fingerprint density at radius 2 is 1.20 bits per heavy atom. The van der Waals surface area contributed by atoms with Gasteiger partial charge in [-0.2, -0.15) is 0 Å². The minimum atomic E-state index is -0.554. The number of amides is 2. The first kappa shape index (κ1) is 33.6. The number of urea groups is 1. The van der Waals surface area contributed by atoms with Crippen molar-refractivity contribution in [2.75, 3.05) is 54.2 Å². The van der Waals surface area contributed by atoms with Crippen LogP contribution in [0.25, 0.3) is 0 Å². The molecule has 0 saturated carbocycles. The Morgan fingerprint density at radius 3 is 1.77 bits per heavy atom. The number of carbonyl (C=O) groups is 1. The summed E-state index contributed by atoms with van der Waals surface area (Å²) in [6.45, 7) is 4.18. The predicted molar refractivity (Wildman–Crippen MR) is 168 cm³/mol. The molecule has 1 aliphatic rings. The van der Waals surface area contributed by atoms with Gasteiger partial charge in [-0.1, -0.05) is 90.5 Å². The standard InChI is InChI=1S/C35H46N2O7/c1-27-14-16-30(17-15-27)24-37-32(23-29-12-8-5-9-13-29)34(44-26-42-21-19-40-3)33(43-25-41-20-18-39-2)31(36-35(37)38)22-28-10-6-4-7-11-28/h4-17,31-34H,18-26H2,1-3H3,(H,36,38)/t31-,32-,33+,34+/m1/s1. The van der Waals surface area contributed by atoms with Gasteiger partial charge >= 0.3 is 6.03 Å². The molecule has 9 heteroatoms. The molecule has 1 N–H and O–H groups in total. The Labute approximate surface area is 261 Å². The van der Waals surface area contributed by atoms with E-state index < -0.39 is 18.2 Å². The number of benzene rings is 3. The average molecular weight is 607 g/mol. The molecule has 0 unspecified atom stereocenters. The molecule has 0 aromatic heterocycles. The van der Waals surface area contributed by atoms with Crippen molar-refractivity contribution in [3.63, 3.8) is 0 Å². The molecule has 44 heavy (non-hydrogen) atoms. The van der Waals surface area contributed by atoms with E-state index in [9.17, 15) is 4.79 Å². The van der Waals surface area contributed by atoms with E-state index in [1.54, 1.807) is 14.2 Å². The van der Waals surface area contributed by atoms with Gasteiger partial charge in [0.15, 0.2) is 0 Å². The summed E-state index contributed by atoms with van der Waals surface area (Å²) in [6, 6.07) is 27.5. The molecule has 0 bridgehead atoms. The first-order valence-electron chi connectivity index (χ1n) is 15.2. The van der Waals surface area contributed by atoms with Crippen LogP contribution in [0.1, 0.15) is 22.3 Å². The van der Waals surface area contributed by atoms with Gasteiger partial charge in [0.2, 0.25) is 0 Å². The molecular weight excluding hydrogens is 560 g/mol. The summed E-state index contributed by atoms with van der Waals surface area (Å²) in [4.78, 5) is 16.1. The quantitative estimate of drug-likeness (QED) is 0.165. The maximum atomic E-state index is 14.2. The molecule has 4 rings (SSSR count). The lowest BCUT2D eigenvalue weighted by Crippen LogP contribution is -2.53. The molecule has 3 aromatic carbocycles. The molecule has 1 fully saturated rings. The van der Waals surface area contributed by atoms with Crippen LogP contribution in [0.5, 0.6) is 0 Å². The number of nitrogens with zero attached hydrogens (tertiary/aromatic N) is 1. The second-order valence-electron chi connectivity index (χ2n) is 10.9. The van der Waals surface area contributed by atoms with Crippen LogP contribution in [0, 0.1) is 6.92 Å². The second kappa shape index (κ2) is 18.5. The second-order valence-corrected chi connectivity index (χ2v) is 10.9. The van der Waals surface area contributed by atoms with E-state index in [2.05, 4.69) is 60.8 Å². The molecule has 0 aliphatic carbocycles. The van der Waals surface area contributed by atoms with Crippen molar-refractivity contribution < 1.29 is 33.2 Å². The van der Waals surface area contributed by atoms with E-state index >= 15 is 0 Å². The highest BCUT2D eigenvalue weighted by Gasteiger charge is 2.45. The van der Waals surface area contributed by atoms with Gasteiger partial charge in [0.05, 0.1) is 38.5 Å². The monoisotopic (exact) mass is 606 g/mol. The summed E-state index contributed by atoms with van der Waals surface area (Å²) >= 11 is 0. The van der Waals surface area contributed by atoms with Crippen LogP contribution >= 0.6 is 0 Å². The molecule has 4 atom stereocenters. The molecule has 9 nitrogen and oxygen atoms in total. The number of ether oxygens (including phenoxy) is 6. The van der Waals surface area contributed by atoms with Crippen LogP contribution in [0.3, 0.4) is 0 Å². The predicted octanol–water partition coefficient (Wildman–Crippen LogP) is 4.75. The Morgan fingerprint density at radius 1 is 0.659 bits per heavy atom. The largest absolute Gasteiger partial charge is 0.382 e. The van der Waals surface area contributed by atoms with E-state index in [0.29, 0.717) is 45.8 Å². The molecule has 0 spiro atoms. The first-order chi connectivity index (χ1) is 21.6. The third kappa shape index (κ3) is 10.4. The molecule has 2 amide bonds.